The lowest BCUT2D eigenvalue weighted by molar-refractivity contribution is -0.113. The first-order valence-electron chi connectivity index (χ1n) is 6.46. The summed E-state index contributed by atoms with van der Waals surface area (Å²) in [7, 11) is -2.85. The molecule has 0 unspecified atom stereocenters. The molecule has 2 aromatic carbocycles. The van der Waals surface area contributed by atoms with Crippen molar-refractivity contribution in [2.75, 3.05) is 15.7 Å². The summed E-state index contributed by atoms with van der Waals surface area (Å²) in [6, 6.07) is 14.4. The average molecular weight is 316 g/mol. The van der Waals surface area contributed by atoms with Gasteiger partial charge in [-0.1, -0.05) is 30.3 Å². The number of Topliss-reactive ketones (excluding diaryl/α,β-unsaturated/α-hetero) is 1. The molecule has 7 heteroatoms. The fraction of sp³-hybridized carbons (Fsp3) is 0.0667. The van der Waals surface area contributed by atoms with Crippen molar-refractivity contribution in [2.45, 2.75) is 0 Å². The van der Waals surface area contributed by atoms with Crippen LogP contribution >= 0.6 is 0 Å². The number of hydrogen-bond donors (Lipinski definition) is 0. The van der Waals surface area contributed by atoms with Gasteiger partial charge in [0.2, 0.25) is 0 Å². The molecule has 1 aliphatic rings. The van der Waals surface area contributed by atoms with Crippen LogP contribution in [0, 0.1) is 0 Å². The molecule has 1 aliphatic heterocycles. The van der Waals surface area contributed by atoms with E-state index in [1.807, 2.05) is 0 Å². The van der Waals surface area contributed by atoms with Gasteiger partial charge in [-0.3, -0.25) is 13.9 Å². The van der Waals surface area contributed by atoms with Crippen LogP contribution in [-0.2, 0) is 15.0 Å². The minimum Gasteiger partial charge on any atom is -0.283 e. The molecule has 1 heterocycles. The maximum Gasteiger partial charge on any atom is 0.333 e. The first kappa shape index (κ1) is 14.3. The first-order valence-corrected chi connectivity index (χ1v) is 7.86. The summed E-state index contributed by atoms with van der Waals surface area (Å²) in [5.74, 6) is -1.88. The fourth-order valence-corrected chi connectivity index (χ4v) is 3.62. The molecule has 6 nitrogen and oxygen atoms in total. The predicted octanol–water partition coefficient (Wildman–Crippen LogP) is 1.60. The summed E-state index contributed by atoms with van der Waals surface area (Å²) < 4.78 is 27.0. The van der Waals surface area contributed by atoms with Crippen LogP contribution in [-0.4, -0.2) is 27.2 Å². The Hall–Kier alpha value is -2.67. The van der Waals surface area contributed by atoms with Crippen LogP contribution < -0.4 is 8.61 Å². The van der Waals surface area contributed by atoms with Crippen molar-refractivity contribution in [3.63, 3.8) is 0 Å². The highest BCUT2D eigenvalue weighted by atomic mass is 32.2. The van der Waals surface area contributed by atoms with E-state index in [4.69, 9.17) is 0 Å². The average Bonchev–Trinajstić information content (AvgIpc) is 2.80. The van der Waals surface area contributed by atoms with E-state index in [1.165, 1.54) is 19.2 Å². The van der Waals surface area contributed by atoms with E-state index in [9.17, 15) is 18.0 Å². The van der Waals surface area contributed by atoms with Crippen molar-refractivity contribution in [1.82, 2.24) is 0 Å². The van der Waals surface area contributed by atoms with Gasteiger partial charge in [-0.15, -0.1) is 0 Å². The third-order valence-electron chi connectivity index (χ3n) is 3.44. The first-order chi connectivity index (χ1) is 10.4. The molecule has 0 atom stereocenters. The molecule has 0 aliphatic carbocycles. The van der Waals surface area contributed by atoms with Crippen LogP contribution in [0.25, 0.3) is 0 Å². The molecule has 0 fully saturated rings. The van der Waals surface area contributed by atoms with Gasteiger partial charge in [-0.2, -0.15) is 12.7 Å². The standard InChI is InChI=1S/C15H12N2O4S/c1-16(11-7-3-2-4-8-11)22(20,21)17-13-10-6-5-9-12(13)14(18)15(17)19/h2-10H,1H3. The molecule has 0 spiro atoms. The van der Waals surface area contributed by atoms with Gasteiger partial charge in [0, 0.05) is 7.05 Å². The topological polar surface area (TPSA) is 74.8 Å². The Morgan fingerprint density at radius 3 is 2.18 bits per heavy atom. The summed E-state index contributed by atoms with van der Waals surface area (Å²) in [6.07, 6.45) is 0. The summed E-state index contributed by atoms with van der Waals surface area (Å²) in [4.78, 5) is 24.1. The van der Waals surface area contributed by atoms with Crippen molar-refractivity contribution in [3.05, 3.63) is 60.2 Å². The number of anilines is 2. The molecule has 22 heavy (non-hydrogen) atoms. The van der Waals surface area contributed by atoms with Gasteiger partial charge in [0.15, 0.2) is 0 Å². The summed E-state index contributed by atoms with van der Waals surface area (Å²) >= 11 is 0. The Morgan fingerprint density at radius 1 is 0.909 bits per heavy atom. The molecule has 2 aromatic rings. The molecule has 1 amide bonds. The highest BCUT2D eigenvalue weighted by Gasteiger charge is 2.44. The lowest BCUT2D eigenvalue weighted by atomic mass is 10.1. The molecular formula is C15H12N2O4S. The molecule has 0 saturated heterocycles. The van der Waals surface area contributed by atoms with E-state index in [0.717, 1.165) is 4.31 Å². The minimum absolute atomic E-state index is 0.0836. The van der Waals surface area contributed by atoms with Gasteiger partial charge in [0.25, 0.3) is 5.78 Å². The second-order valence-electron chi connectivity index (χ2n) is 4.73. The number of rotatable bonds is 3. The third kappa shape index (κ3) is 1.98. The maximum atomic E-state index is 12.7. The van der Waals surface area contributed by atoms with E-state index in [2.05, 4.69) is 0 Å². The molecule has 0 bridgehead atoms. The van der Waals surface area contributed by atoms with Crippen molar-refractivity contribution >= 4 is 33.3 Å². The maximum absolute atomic E-state index is 12.7. The van der Waals surface area contributed by atoms with Crippen LogP contribution in [0.4, 0.5) is 11.4 Å². The Kier molecular flexibility index (Phi) is 3.22. The van der Waals surface area contributed by atoms with Crippen molar-refractivity contribution in [3.8, 4) is 0 Å². The van der Waals surface area contributed by atoms with E-state index >= 15 is 0 Å². The van der Waals surface area contributed by atoms with Crippen LogP contribution in [0.2, 0.25) is 0 Å². The monoisotopic (exact) mass is 316 g/mol. The fourth-order valence-electron chi connectivity index (χ4n) is 2.28. The summed E-state index contributed by atoms with van der Waals surface area (Å²) in [5, 5.41) is 0. The number of nitrogens with zero attached hydrogens (tertiary/aromatic N) is 2. The number of para-hydroxylation sites is 2. The van der Waals surface area contributed by atoms with Crippen molar-refractivity contribution in [1.29, 1.82) is 0 Å². The lowest BCUT2D eigenvalue weighted by Gasteiger charge is -2.25. The summed E-state index contributed by atoms with van der Waals surface area (Å²) in [5.41, 5.74) is 0.574. The number of amides is 1. The predicted molar refractivity (Wildman–Crippen MR) is 82.0 cm³/mol. The zero-order chi connectivity index (χ0) is 15.9. The number of carbonyl (C=O) groups excluding carboxylic acids is 2. The molecule has 112 valence electrons. The lowest BCUT2D eigenvalue weighted by Crippen LogP contribution is -2.44. The third-order valence-corrected chi connectivity index (χ3v) is 5.17. The van der Waals surface area contributed by atoms with Crippen LogP contribution in [0.15, 0.2) is 54.6 Å². The molecule has 0 aromatic heterocycles. The number of hydrogen-bond acceptors (Lipinski definition) is 4. The SMILES string of the molecule is CN(c1ccccc1)S(=O)(=O)N1C(=O)C(=O)c2ccccc21. The second-order valence-corrected chi connectivity index (χ2v) is 6.54. The van der Waals surface area contributed by atoms with Crippen molar-refractivity contribution in [2.24, 2.45) is 0 Å². The Morgan fingerprint density at radius 2 is 1.50 bits per heavy atom. The normalized spacial score (nSPS) is 14.1. The zero-order valence-corrected chi connectivity index (χ0v) is 12.4. The van der Waals surface area contributed by atoms with E-state index in [0.29, 0.717) is 9.99 Å². The van der Waals surface area contributed by atoms with Crippen LogP contribution in [0.5, 0.6) is 0 Å². The number of benzene rings is 2. The van der Waals surface area contributed by atoms with E-state index < -0.39 is 21.9 Å². The summed E-state index contributed by atoms with van der Waals surface area (Å²) in [6.45, 7) is 0. The Balaban J connectivity index is 2.11. The molecule has 3 rings (SSSR count). The van der Waals surface area contributed by atoms with Gasteiger partial charge < -0.3 is 0 Å². The van der Waals surface area contributed by atoms with Gasteiger partial charge in [0.05, 0.1) is 16.9 Å². The van der Waals surface area contributed by atoms with Crippen molar-refractivity contribution < 1.29 is 18.0 Å². The second kappa shape index (κ2) is 4.96. The number of ketones is 1. The largest absolute Gasteiger partial charge is 0.333 e. The highest BCUT2D eigenvalue weighted by Crippen LogP contribution is 2.33. The Labute approximate surface area is 127 Å². The number of carbonyl (C=O) groups is 2. The number of fused-ring (bicyclic) bond motifs is 1. The minimum atomic E-state index is -4.19. The molecule has 0 N–H and O–H groups in total. The van der Waals surface area contributed by atoms with Gasteiger partial charge in [0.1, 0.15) is 0 Å². The van der Waals surface area contributed by atoms with Crippen LogP contribution in [0.3, 0.4) is 0 Å². The van der Waals surface area contributed by atoms with Gasteiger partial charge in [-0.05, 0) is 24.3 Å². The molecular weight excluding hydrogens is 304 g/mol. The smallest absolute Gasteiger partial charge is 0.283 e. The quantitative estimate of drug-likeness (QED) is 0.806. The highest BCUT2D eigenvalue weighted by molar-refractivity contribution is 7.95. The van der Waals surface area contributed by atoms with Gasteiger partial charge >= 0.3 is 16.1 Å². The molecule has 0 radical (unpaired) electrons. The molecule has 0 saturated carbocycles. The van der Waals surface area contributed by atoms with E-state index in [1.54, 1.807) is 42.5 Å². The van der Waals surface area contributed by atoms with Crippen LogP contribution in [0.1, 0.15) is 10.4 Å². The zero-order valence-electron chi connectivity index (χ0n) is 11.6. The van der Waals surface area contributed by atoms with Gasteiger partial charge in [-0.25, -0.2) is 0 Å². The Bertz CT molecular complexity index is 862. The van der Waals surface area contributed by atoms with E-state index in [-0.39, 0.29) is 11.3 Å².